The SMILES string of the molecule is CC(O)C(N)CNc1ccc(S(=O)(=O)N(C)C)cn1. The summed E-state index contributed by atoms with van der Waals surface area (Å²) in [6, 6.07) is 2.62. The Bertz CT molecular complexity index is 499. The summed E-state index contributed by atoms with van der Waals surface area (Å²) in [6.45, 7) is 1.96. The molecule has 0 aromatic carbocycles. The first-order valence-corrected chi connectivity index (χ1v) is 7.25. The average Bonchev–Trinajstić information content (AvgIpc) is 2.36. The van der Waals surface area contributed by atoms with Crippen molar-refractivity contribution in [1.82, 2.24) is 9.29 Å². The van der Waals surface area contributed by atoms with E-state index in [0.29, 0.717) is 12.4 Å². The van der Waals surface area contributed by atoms with Crippen LogP contribution in [0.25, 0.3) is 0 Å². The number of pyridine rings is 1. The highest BCUT2D eigenvalue weighted by Gasteiger charge is 2.17. The molecular formula is C11H20N4O3S. The van der Waals surface area contributed by atoms with E-state index in [1.165, 1.54) is 26.4 Å². The van der Waals surface area contributed by atoms with Crippen molar-refractivity contribution in [2.24, 2.45) is 5.73 Å². The van der Waals surface area contributed by atoms with E-state index in [1.807, 2.05) is 0 Å². The first kappa shape index (κ1) is 15.8. The summed E-state index contributed by atoms with van der Waals surface area (Å²) in [5.74, 6) is 0.508. The molecule has 0 aliphatic carbocycles. The van der Waals surface area contributed by atoms with Gasteiger partial charge in [-0.05, 0) is 19.1 Å². The van der Waals surface area contributed by atoms with Crippen LogP contribution in [0.1, 0.15) is 6.92 Å². The molecule has 4 N–H and O–H groups in total. The van der Waals surface area contributed by atoms with Crippen LogP contribution in [-0.2, 0) is 10.0 Å². The fraction of sp³-hybridized carbons (Fsp3) is 0.545. The number of aliphatic hydroxyl groups is 1. The number of anilines is 1. The van der Waals surface area contributed by atoms with Crippen LogP contribution < -0.4 is 11.1 Å². The summed E-state index contributed by atoms with van der Waals surface area (Å²) in [6.07, 6.45) is 0.659. The van der Waals surface area contributed by atoms with Crippen molar-refractivity contribution in [3.63, 3.8) is 0 Å². The highest BCUT2D eigenvalue weighted by molar-refractivity contribution is 7.89. The summed E-state index contributed by atoms with van der Waals surface area (Å²) in [4.78, 5) is 4.13. The summed E-state index contributed by atoms with van der Waals surface area (Å²) in [5, 5.41) is 12.2. The smallest absolute Gasteiger partial charge is 0.244 e. The third kappa shape index (κ3) is 4.13. The van der Waals surface area contributed by atoms with E-state index in [-0.39, 0.29) is 4.90 Å². The van der Waals surface area contributed by atoms with Gasteiger partial charge < -0.3 is 16.2 Å². The van der Waals surface area contributed by atoms with Crippen molar-refractivity contribution < 1.29 is 13.5 Å². The highest BCUT2D eigenvalue weighted by Crippen LogP contribution is 2.13. The predicted molar refractivity (Wildman–Crippen MR) is 73.3 cm³/mol. The molecule has 0 saturated carbocycles. The monoisotopic (exact) mass is 288 g/mol. The normalized spacial score (nSPS) is 15.3. The van der Waals surface area contributed by atoms with Gasteiger partial charge in [-0.15, -0.1) is 0 Å². The molecule has 0 aliphatic heterocycles. The minimum atomic E-state index is -3.46. The molecule has 19 heavy (non-hydrogen) atoms. The van der Waals surface area contributed by atoms with Crippen LogP contribution in [0.15, 0.2) is 23.2 Å². The van der Waals surface area contributed by atoms with E-state index >= 15 is 0 Å². The van der Waals surface area contributed by atoms with Crippen LogP contribution in [-0.4, -0.2) is 55.6 Å². The van der Waals surface area contributed by atoms with E-state index in [9.17, 15) is 13.5 Å². The van der Waals surface area contributed by atoms with Crippen LogP contribution in [0.2, 0.25) is 0 Å². The Morgan fingerprint density at radius 2 is 2.11 bits per heavy atom. The molecule has 1 aromatic rings. The van der Waals surface area contributed by atoms with Crippen molar-refractivity contribution in [3.8, 4) is 0 Å². The standard InChI is InChI=1S/C11H20N4O3S/c1-8(16)10(12)7-14-11-5-4-9(6-13-11)19(17,18)15(2)3/h4-6,8,10,16H,7,12H2,1-3H3,(H,13,14). The van der Waals surface area contributed by atoms with Gasteiger partial charge in [0.05, 0.1) is 6.10 Å². The zero-order valence-corrected chi connectivity index (χ0v) is 12.1. The lowest BCUT2D eigenvalue weighted by Gasteiger charge is -2.16. The van der Waals surface area contributed by atoms with Gasteiger partial charge in [0.1, 0.15) is 10.7 Å². The molecule has 0 amide bonds. The van der Waals surface area contributed by atoms with Gasteiger partial charge in [-0.25, -0.2) is 17.7 Å². The van der Waals surface area contributed by atoms with E-state index in [4.69, 9.17) is 5.73 Å². The van der Waals surface area contributed by atoms with Crippen LogP contribution in [0, 0.1) is 0 Å². The molecule has 2 atom stereocenters. The fourth-order valence-electron chi connectivity index (χ4n) is 1.24. The maximum atomic E-state index is 11.8. The molecule has 0 fully saturated rings. The zero-order chi connectivity index (χ0) is 14.6. The van der Waals surface area contributed by atoms with Crippen LogP contribution in [0.5, 0.6) is 0 Å². The summed E-state index contributed by atoms with van der Waals surface area (Å²) in [7, 11) is -0.537. The van der Waals surface area contributed by atoms with Gasteiger partial charge in [0.25, 0.3) is 0 Å². The molecule has 7 nitrogen and oxygen atoms in total. The minimum absolute atomic E-state index is 0.128. The average molecular weight is 288 g/mol. The quantitative estimate of drug-likeness (QED) is 0.648. The zero-order valence-electron chi connectivity index (χ0n) is 11.2. The van der Waals surface area contributed by atoms with Gasteiger partial charge >= 0.3 is 0 Å². The number of nitrogens with one attached hydrogen (secondary N) is 1. The third-order valence-corrected chi connectivity index (χ3v) is 4.45. The Kier molecular flexibility index (Phi) is 5.24. The number of aliphatic hydroxyl groups excluding tert-OH is 1. The van der Waals surface area contributed by atoms with Crippen molar-refractivity contribution in [2.45, 2.75) is 24.0 Å². The second-order valence-electron chi connectivity index (χ2n) is 4.45. The summed E-state index contributed by atoms with van der Waals surface area (Å²) in [5.41, 5.74) is 5.66. The molecule has 1 rings (SSSR count). The molecular weight excluding hydrogens is 268 g/mol. The van der Waals surface area contributed by atoms with Crippen molar-refractivity contribution in [2.75, 3.05) is 26.0 Å². The lowest BCUT2D eigenvalue weighted by Crippen LogP contribution is -2.38. The Balaban J connectivity index is 2.73. The van der Waals surface area contributed by atoms with Gasteiger partial charge in [0, 0.05) is 32.9 Å². The lowest BCUT2D eigenvalue weighted by molar-refractivity contribution is 0.168. The molecule has 1 aromatic heterocycles. The maximum Gasteiger partial charge on any atom is 0.244 e. The molecule has 2 unspecified atom stereocenters. The number of hydrogen-bond acceptors (Lipinski definition) is 6. The number of nitrogens with zero attached hydrogens (tertiary/aromatic N) is 2. The second-order valence-corrected chi connectivity index (χ2v) is 6.60. The van der Waals surface area contributed by atoms with Gasteiger partial charge in [0.2, 0.25) is 10.0 Å². The Labute approximate surface area is 113 Å². The number of sulfonamides is 1. The first-order valence-electron chi connectivity index (χ1n) is 5.81. The maximum absolute atomic E-state index is 11.8. The largest absolute Gasteiger partial charge is 0.392 e. The summed E-state index contributed by atoms with van der Waals surface area (Å²) >= 11 is 0. The topological polar surface area (TPSA) is 109 Å². The summed E-state index contributed by atoms with van der Waals surface area (Å²) < 4.78 is 24.7. The van der Waals surface area contributed by atoms with Crippen LogP contribution in [0.3, 0.4) is 0 Å². The molecule has 0 spiro atoms. The fourth-order valence-corrected chi connectivity index (χ4v) is 2.09. The lowest BCUT2D eigenvalue weighted by atomic mass is 10.2. The highest BCUT2D eigenvalue weighted by atomic mass is 32.2. The number of rotatable bonds is 6. The van der Waals surface area contributed by atoms with Gasteiger partial charge in [0.15, 0.2) is 0 Å². The van der Waals surface area contributed by atoms with E-state index in [2.05, 4.69) is 10.3 Å². The molecule has 0 aliphatic rings. The molecule has 108 valence electrons. The minimum Gasteiger partial charge on any atom is -0.392 e. The van der Waals surface area contributed by atoms with E-state index in [1.54, 1.807) is 13.0 Å². The predicted octanol–water partition coefficient (Wildman–Crippen LogP) is -0.548. The molecule has 0 saturated heterocycles. The van der Waals surface area contributed by atoms with E-state index in [0.717, 1.165) is 4.31 Å². The van der Waals surface area contributed by atoms with E-state index < -0.39 is 22.2 Å². The van der Waals surface area contributed by atoms with Gasteiger partial charge in [-0.2, -0.15) is 0 Å². The van der Waals surface area contributed by atoms with Crippen LogP contribution >= 0.6 is 0 Å². The number of aromatic nitrogens is 1. The van der Waals surface area contributed by atoms with Crippen molar-refractivity contribution in [3.05, 3.63) is 18.3 Å². The number of nitrogens with two attached hydrogens (primary N) is 1. The van der Waals surface area contributed by atoms with Gasteiger partial charge in [-0.3, -0.25) is 0 Å². The Morgan fingerprint density at radius 1 is 1.47 bits per heavy atom. The van der Waals surface area contributed by atoms with Crippen LogP contribution in [0.4, 0.5) is 5.82 Å². The molecule has 8 heteroatoms. The third-order valence-electron chi connectivity index (χ3n) is 2.65. The number of hydrogen-bond donors (Lipinski definition) is 3. The van der Waals surface area contributed by atoms with Gasteiger partial charge in [-0.1, -0.05) is 0 Å². The Hall–Kier alpha value is -1.22. The molecule has 0 radical (unpaired) electrons. The van der Waals surface area contributed by atoms with Crippen molar-refractivity contribution in [1.29, 1.82) is 0 Å². The van der Waals surface area contributed by atoms with Crippen molar-refractivity contribution >= 4 is 15.8 Å². The first-order chi connectivity index (χ1) is 8.75. The molecule has 0 bridgehead atoms. The Morgan fingerprint density at radius 3 is 2.53 bits per heavy atom. The second kappa shape index (κ2) is 6.29. The molecule has 1 heterocycles.